The molecule has 0 aromatic heterocycles. The van der Waals surface area contributed by atoms with Crippen molar-refractivity contribution >= 4 is 21.7 Å². The van der Waals surface area contributed by atoms with Crippen molar-refractivity contribution in [1.82, 2.24) is 0 Å². The van der Waals surface area contributed by atoms with E-state index >= 15 is 0 Å². The van der Waals surface area contributed by atoms with Gasteiger partial charge in [-0.05, 0) is 92.8 Å². The van der Waals surface area contributed by atoms with Crippen molar-refractivity contribution < 1.29 is 14.6 Å². The van der Waals surface area contributed by atoms with Gasteiger partial charge in [0, 0.05) is 13.0 Å². The molecular formula is C23H37BrO3. The van der Waals surface area contributed by atoms with E-state index in [1.54, 1.807) is 7.11 Å². The molecule has 0 radical (unpaired) electrons. The summed E-state index contributed by atoms with van der Waals surface area (Å²) in [6.45, 7) is 2.93. The van der Waals surface area contributed by atoms with E-state index in [2.05, 4.69) is 22.9 Å². The summed E-state index contributed by atoms with van der Waals surface area (Å²) >= 11 is 3.45. The average molecular weight is 441 g/mol. The summed E-state index contributed by atoms with van der Waals surface area (Å²) in [6.07, 6.45) is 11.8. The molecule has 154 valence electrons. The summed E-state index contributed by atoms with van der Waals surface area (Å²) in [5, 5.41) is 11.4. The third-order valence-electron chi connectivity index (χ3n) is 9.28. The summed E-state index contributed by atoms with van der Waals surface area (Å²) in [6, 6.07) is 0. The van der Waals surface area contributed by atoms with Crippen molar-refractivity contribution in [2.45, 2.75) is 76.7 Å². The quantitative estimate of drug-likeness (QED) is 0.626. The van der Waals surface area contributed by atoms with E-state index in [-0.39, 0.29) is 11.3 Å². The average Bonchev–Trinajstić information content (AvgIpc) is 2.65. The molecular weight excluding hydrogens is 404 g/mol. The first-order chi connectivity index (χ1) is 12.9. The van der Waals surface area contributed by atoms with E-state index in [4.69, 9.17) is 4.74 Å². The topological polar surface area (TPSA) is 46.5 Å². The van der Waals surface area contributed by atoms with Crippen LogP contribution in [0, 0.1) is 40.9 Å². The van der Waals surface area contributed by atoms with Gasteiger partial charge >= 0.3 is 0 Å². The second-order valence-electron chi connectivity index (χ2n) is 10.5. The molecule has 0 aliphatic heterocycles. The third kappa shape index (κ3) is 3.46. The van der Waals surface area contributed by atoms with Crippen molar-refractivity contribution in [2.24, 2.45) is 40.9 Å². The molecule has 4 fully saturated rings. The summed E-state index contributed by atoms with van der Waals surface area (Å²) < 4.78 is 5.31. The SMILES string of the molecule is COC[C@@]1(O)CC[C@H]2[C@H](CC[C@@H]3[C@@H]2CC[C@]2(C)[C@@H](C(=O)CBr)CCC[C@@H]32)C1. The van der Waals surface area contributed by atoms with Crippen LogP contribution in [0.1, 0.15) is 71.1 Å². The highest BCUT2D eigenvalue weighted by atomic mass is 79.9. The molecule has 4 aliphatic carbocycles. The number of alkyl halides is 1. The monoisotopic (exact) mass is 440 g/mol. The molecule has 0 heterocycles. The summed E-state index contributed by atoms with van der Waals surface area (Å²) in [4.78, 5) is 12.7. The Bertz CT molecular complexity index is 566. The van der Waals surface area contributed by atoms with E-state index in [1.807, 2.05) is 0 Å². The number of ketones is 1. The summed E-state index contributed by atoms with van der Waals surface area (Å²) in [5.41, 5.74) is -0.368. The van der Waals surface area contributed by atoms with Gasteiger partial charge < -0.3 is 9.84 Å². The highest BCUT2D eigenvalue weighted by Gasteiger charge is 2.57. The minimum Gasteiger partial charge on any atom is -0.387 e. The van der Waals surface area contributed by atoms with Gasteiger partial charge in [-0.3, -0.25) is 4.79 Å². The first-order valence-electron chi connectivity index (χ1n) is 11.2. The number of halogens is 1. The highest BCUT2D eigenvalue weighted by Crippen LogP contribution is 2.63. The second-order valence-corrected chi connectivity index (χ2v) is 11.0. The van der Waals surface area contributed by atoms with Crippen LogP contribution in [0.25, 0.3) is 0 Å². The van der Waals surface area contributed by atoms with Gasteiger partial charge in [0.25, 0.3) is 0 Å². The number of Topliss-reactive ketones (excluding diaryl/α,β-unsaturated/α-hetero) is 1. The molecule has 0 bridgehead atoms. The second kappa shape index (κ2) is 7.72. The van der Waals surface area contributed by atoms with Gasteiger partial charge in [-0.2, -0.15) is 0 Å². The van der Waals surface area contributed by atoms with E-state index < -0.39 is 5.60 Å². The fourth-order valence-corrected chi connectivity index (χ4v) is 8.57. The Labute approximate surface area is 173 Å². The summed E-state index contributed by atoms with van der Waals surface area (Å²) in [7, 11) is 1.71. The maximum absolute atomic E-state index is 12.7. The normalized spacial score (nSPS) is 49.6. The molecule has 3 nitrogen and oxygen atoms in total. The fraction of sp³-hybridized carbons (Fsp3) is 0.957. The first-order valence-corrected chi connectivity index (χ1v) is 12.3. The lowest BCUT2D eigenvalue weighted by atomic mass is 9.44. The van der Waals surface area contributed by atoms with Crippen LogP contribution in [0.4, 0.5) is 0 Å². The molecule has 4 heteroatoms. The van der Waals surface area contributed by atoms with Crippen LogP contribution < -0.4 is 0 Å². The Balaban J connectivity index is 1.52. The number of rotatable bonds is 4. The number of aliphatic hydroxyl groups is 1. The Kier molecular flexibility index (Phi) is 5.82. The number of carbonyl (C=O) groups is 1. The fourth-order valence-electron chi connectivity index (χ4n) is 8.18. The molecule has 0 spiro atoms. The van der Waals surface area contributed by atoms with Crippen LogP contribution >= 0.6 is 15.9 Å². The lowest BCUT2D eigenvalue weighted by molar-refractivity contribution is -0.151. The Morgan fingerprint density at radius 3 is 2.59 bits per heavy atom. The van der Waals surface area contributed by atoms with Gasteiger partial charge in [0.2, 0.25) is 0 Å². The van der Waals surface area contributed by atoms with Crippen molar-refractivity contribution in [3.8, 4) is 0 Å². The molecule has 0 amide bonds. The van der Waals surface area contributed by atoms with Crippen molar-refractivity contribution in [3.05, 3.63) is 0 Å². The lowest BCUT2D eigenvalue weighted by Crippen LogP contribution is -2.55. The van der Waals surface area contributed by atoms with Gasteiger partial charge in [0.15, 0.2) is 0 Å². The molecule has 0 unspecified atom stereocenters. The van der Waals surface area contributed by atoms with Gasteiger partial charge in [-0.25, -0.2) is 0 Å². The van der Waals surface area contributed by atoms with Crippen molar-refractivity contribution in [3.63, 3.8) is 0 Å². The van der Waals surface area contributed by atoms with E-state index in [9.17, 15) is 9.90 Å². The molecule has 0 aromatic rings. The maximum Gasteiger partial charge on any atom is 0.147 e. The molecule has 4 aliphatic rings. The maximum atomic E-state index is 12.7. The minimum absolute atomic E-state index is 0.225. The number of fused-ring (bicyclic) bond motifs is 5. The number of carbonyl (C=O) groups excluding carboxylic acids is 1. The zero-order valence-corrected chi connectivity index (χ0v) is 18.7. The largest absolute Gasteiger partial charge is 0.387 e. The standard InChI is InChI=1S/C23H37BrO3/c1-22-10-8-17-16-9-11-23(26,14-27-2)12-15(16)6-7-18(17)19(22)4-3-5-20(22)21(25)13-24/h15-20,26H,3-14H2,1-2H3/t15-,16+,17-,18-,19+,20-,22+,23-/m1/s1. The van der Waals surface area contributed by atoms with Gasteiger partial charge in [0.1, 0.15) is 5.78 Å². The predicted octanol–water partition coefficient (Wildman–Crippen LogP) is 4.99. The van der Waals surface area contributed by atoms with Crippen LogP contribution in [-0.4, -0.2) is 35.5 Å². The Morgan fingerprint density at radius 1 is 1.07 bits per heavy atom. The molecule has 1 N–H and O–H groups in total. The van der Waals surface area contributed by atoms with Gasteiger partial charge in [-0.1, -0.05) is 29.3 Å². The van der Waals surface area contributed by atoms with Crippen LogP contribution in [0.3, 0.4) is 0 Å². The zero-order valence-electron chi connectivity index (χ0n) is 17.1. The molecule has 8 atom stereocenters. The molecule has 0 aromatic carbocycles. The number of hydrogen-bond donors (Lipinski definition) is 1. The Morgan fingerprint density at radius 2 is 1.85 bits per heavy atom. The molecule has 27 heavy (non-hydrogen) atoms. The van der Waals surface area contributed by atoms with E-state index in [0.29, 0.717) is 23.6 Å². The van der Waals surface area contributed by atoms with Crippen LogP contribution in [0.2, 0.25) is 0 Å². The number of methoxy groups -OCH3 is 1. The van der Waals surface area contributed by atoms with E-state index in [1.165, 1.54) is 44.9 Å². The molecule has 4 saturated carbocycles. The lowest BCUT2D eigenvalue weighted by Gasteiger charge is -2.60. The number of hydrogen-bond acceptors (Lipinski definition) is 3. The highest BCUT2D eigenvalue weighted by molar-refractivity contribution is 9.09. The molecule has 4 rings (SSSR count). The smallest absolute Gasteiger partial charge is 0.147 e. The zero-order chi connectivity index (χ0) is 19.2. The van der Waals surface area contributed by atoms with Gasteiger partial charge in [0.05, 0.1) is 17.5 Å². The third-order valence-corrected chi connectivity index (χ3v) is 9.83. The van der Waals surface area contributed by atoms with Crippen molar-refractivity contribution in [2.75, 3.05) is 19.0 Å². The minimum atomic E-state index is -0.593. The van der Waals surface area contributed by atoms with Crippen molar-refractivity contribution in [1.29, 1.82) is 0 Å². The van der Waals surface area contributed by atoms with Crippen LogP contribution in [0.15, 0.2) is 0 Å². The first kappa shape index (κ1) is 20.3. The Hall–Kier alpha value is 0.0700. The van der Waals surface area contributed by atoms with E-state index in [0.717, 1.165) is 42.9 Å². The van der Waals surface area contributed by atoms with Crippen LogP contribution in [-0.2, 0) is 9.53 Å². The summed E-state index contributed by atoms with van der Waals surface area (Å²) in [5.74, 6) is 4.55. The van der Waals surface area contributed by atoms with Crippen LogP contribution in [0.5, 0.6) is 0 Å². The van der Waals surface area contributed by atoms with Gasteiger partial charge in [-0.15, -0.1) is 0 Å². The molecule has 0 saturated heterocycles. The predicted molar refractivity (Wildman–Crippen MR) is 111 cm³/mol. The number of ether oxygens (including phenoxy) is 1.